The van der Waals surface area contributed by atoms with Gasteiger partial charge in [0.25, 0.3) is 0 Å². The summed E-state index contributed by atoms with van der Waals surface area (Å²) in [6, 6.07) is 12.0. The highest BCUT2D eigenvalue weighted by Gasteiger charge is 2.30. The maximum atomic E-state index is 12.9. The van der Waals surface area contributed by atoms with Crippen molar-refractivity contribution in [3.05, 3.63) is 52.5 Å². The largest absolute Gasteiger partial charge is 0.494 e. The minimum absolute atomic E-state index is 0.163. The monoisotopic (exact) mass is 520 g/mol. The number of nitriles is 1. The minimum atomic E-state index is -0.425. The lowest BCUT2D eigenvalue weighted by Crippen LogP contribution is -2.27. The molecule has 8 heteroatoms. The van der Waals surface area contributed by atoms with Gasteiger partial charge in [0.2, 0.25) is 5.91 Å². The highest BCUT2D eigenvalue weighted by Crippen LogP contribution is 2.38. The van der Waals surface area contributed by atoms with E-state index in [0.29, 0.717) is 28.2 Å². The van der Waals surface area contributed by atoms with E-state index in [1.54, 1.807) is 0 Å². The lowest BCUT2D eigenvalue weighted by Gasteiger charge is -2.34. The number of benzene rings is 1. The number of fused-ring (bicyclic) bond motifs is 1. The van der Waals surface area contributed by atoms with Gasteiger partial charge in [-0.2, -0.15) is 5.26 Å². The molecule has 0 saturated carbocycles. The van der Waals surface area contributed by atoms with Crippen molar-refractivity contribution in [3.8, 4) is 23.1 Å². The van der Waals surface area contributed by atoms with Gasteiger partial charge in [-0.15, -0.1) is 11.3 Å². The van der Waals surface area contributed by atoms with Crippen LogP contribution in [0.4, 0.5) is 5.13 Å². The first-order chi connectivity index (χ1) is 17.2. The molecule has 36 heavy (non-hydrogen) atoms. The molecule has 188 valence electrons. The number of anilines is 1. The fraction of sp³-hybridized carbons (Fsp3) is 0.429. The molecule has 0 radical (unpaired) electrons. The number of rotatable bonds is 7. The summed E-state index contributed by atoms with van der Waals surface area (Å²) in [4.78, 5) is 22.3. The highest BCUT2D eigenvalue weighted by molar-refractivity contribution is 8.00. The SMILES string of the molecule is CCOc1ccc(-c2csc(NC(=O)C(C)Sc3nc4c(cc3C#N)CC(C(C)(C)C)CC4)n2)cc1. The molecule has 2 heterocycles. The summed E-state index contributed by atoms with van der Waals surface area (Å²) in [7, 11) is 0. The van der Waals surface area contributed by atoms with E-state index in [4.69, 9.17) is 9.72 Å². The first kappa shape index (κ1) is 26.2. The van der Waals surface area contributed by atoms with Gasteiger partial charge in [0.1, 0.15) is 16.8 Å². The molecule has 1 aromatic carbocycles. The summed E-state index contributed by atoms with van der Waals surface area (Å²) in [5.74, 6) is 1.23. The maximum Gasteiger partial charge on any atom is 0.239 e. The smallest absolute Gasteiger partial charge is 0.239 e. The molecule has 2 atom stereocenters. The Labute approximate surface area is 221 Å². The standard InChI is InChI=1S/C28H32N4O2S2/c1-6-34-22-10-7-18(8-11-22)24-16-35-27(31-24)32-25(33)17(2)36-26-20(15-29)13-19-14-21(28(3,4)5)9-12-23(19)30-26/h7-8,10-11,13,16-17,21H,6,9,12,14H2,1-5H3,(H,31,32,33). The quantitative estimate of drug-likeness (QED) is 0.347. The van der Waals surface area contributed by atoms with Crippen molar-refractivity contribution in [1.82, 2.24) is 9.97 Å². The molecule has 1 aliphatic carbocycles. The van der Waals surface area contributed by atoms with E-state index in [-0.39, 0.29) is 11.3 Å². The van der Waals surface area contributed by atoms with E-state index in [0.717, 1.165) is 42.0 Å². The molecule has 0 fully saturated rings. The van der Waals surface area contributed by atoms with Gasteiger partial charge < -0.3 is 10.1 Å². The van der Waals surface area contributed by atoms with E-state index in [2.05, 4.69) is 37.1 Å². The van der Waals surface area contributed by atoms with Crippen molar-refractivity contribution in [2.45, 2.75) is 64.2 Å². The van der Waals surface area contributed by atoms with Crippen LogP contribution >= 0.6 is 23.1 Å². The summed E-state index contributed by atoms with van der Waals surface area (Å²) in [6.45, 7) is 11.2. The Balaban J connectivity index is 1.42. The van der Waals surface area contributed by atoms with Gasteiger partial charge in [-0.05, 0) is 80.3 Å². The molecule has 6 nitrogen and oxygen atoms in total. The number of aromatic nitrogens is 2. The second kappa shape index (κ2) is 11.0. The summed E-state index contributed by atoms with van der Waals surface area (Å²) in [6.07, 6.45) is 2.95. The normalized spacial score (nSPS) is 16.1. The van der Waals surface area contributed by atoms with Gasteiger partial charge in [0.15, 0.2) is 5.13 Å². The van der Waals surface area contributed by atoms with Crippen LogP contribution in [0.2, 0.25) is 0 Å². The molecule has 0 saturated heterocycles. The zero-order chi connectivity index (χ0) is 25.9. The molecule has 0 aliphatic heterocycles. The van der Waals surface area contributed by atoms with E-state index in [9.17, 15) is 10.1 Å². The van der Waals surface area contributed by atoms with Crippen LogP contribution in [0.5, 0.6) is 5.75 Å². The predicted octanol–water partition coefficient (Wildman–Crippen LogP) is 6.75. The topological polar surface area (TPSA) is 87.9 Å². The number of amides is 1. The highest BCUT2D eigenvalue weighted by atomic mass is 32.2. The molecular formula is C28H32N4O2S2. The summed E-state index contributed by atoms with van der Waals surface area (Å²) in [5, 5.41) is 15.4. The lowest BCUT2D eigenvalue weighted by molar-refractivity contribution is -0.115. The first-order valence-corrected chi connectivity index (χ1v) is 14.0. The van der Waals surface area contributed by atoms with Gasteiger partial charge in [-0.25, -0.2) is 9.97 Å². The summed E-state index contributed by atoms with van der Waals surface area (Å²) >= 11 is 2.72. The number of thiazole rings is 1. The van der Waals surface area contributed by atoms with Crippen LogP contribution in [-0.4, -0.2) is 27.7 Å². The maximum absolute atomic E-state index is 12.9. The Morgan fingerprint density at radius 2 is 2.06 bits per heavy atom. The third kappa shape index (κ3) is 6.08. The fourth-order valence-corrected chi connectivity index (χ4v) is 5.95. The fourth-order valence-electron chi connectivity index (χ4n) is 4.33. The molecule has 1 aliphatic rings. The number of aryl methyl sites for hydroxylation is 1. The molecular weight excluding hydrogens is 488 g/mol. The molecule has 2 aromatic heterocycles. The average Bonchev–Trinajstić information content (AvgIpc) is 3.31. The van der Waals surface area contributed by atoms with Crippen LogP contribution < -0.4 is 10.1 Å². The number of carbonyl (C=O) groups is 1. The Kier molecular flexibility index (Phi) is 8.01. The summed E-state index contributed by atoms with van der Waals surface area (Å²) < 4.78 is 5.49. The van der Waals surface area contributed by atoms with Gasteiger partial charge in [-0.1, -0.05) is 32.5 Å². The first-order valence-electron chi connectivity index (χ1n) is 12.3. The number of carbonyl (C=O) groups excluding carboxylic acids is 1. The van der Waals surface area contributed by atoms with E-state index in [1.807, 2.05) is 49.6 Å². The van der Waals surface area contributed by atoms with E-state index < -0.39 is 5.25 Å². The molecule has 1 N–H and O–H groups in total. The Hall–Kier alpha value is -2.89. The minimum Gasteiger partial charge on any atom is -0.494 e. The van der Waals surface area contributed by atoms with Crippen molar-refractivity contribution in [1.29, 1.82) is 5.26 Å². The second-order valence-corrected chi connectivity index (χ2v) is 12.3. The summed E-state index contributed by atoms with van der Waals surface area (Å²) in [5.41, 5.74) is 4.76. The second-order valence-electron chi connectivity index (χ2n) is 10.1. The number of nitrogens with zero attached hydrogens (tertiary/aromatic N) is 3. The van der Waals surface area contributed by atoms with Crippen molar-refractivity contribution < 1.29 is 9.53 Å². The molecule has 2 unspecified atom stereocenters. The molecule has 3 aromatic rings. The third-order valence-corrected chi connectivity index (χ3v) is 8.41. The van der Waals surface area contributed by atoms with E-state index in [1.165, 1.54) is 28.7 Å². The Morgan fingerprint density at radius 3 is 2.72 bits per heavy atom. The van der Waals surface area contributed by atoms with Crippen molar-refractivity contribution in [2.75, 3.05) is 11.9 Å². The van der Waals surface area contributed by atoms with Gasteiger partial charge in [-0.3, -0.25) is 4.79 Å². The Bertz CT molecular complexity index is 1270. The zero-order valence-corrected chi connectivity index (χ0v) is 23.1. The van der Waals surface area contributed by atoms with Crippen LogP contribution in [0.1, 0.15) is 57.9 Å². The van der Waals surface area contributed by atoms with Gasteiger partial charge >= 0.3 is 0 Å². The Morgan fingerprint density at radius 1 is 1.31 bits per heavy atom. The van der Waals surface area contributed by atoms with Gasteiger partial charge in [0, 0.05) is 16.6 Å². The number of nitrogens with one attached hydrogen (secondary N) is 1. The molecule has 1 amide bonds. The third-order valence-electron chi connectivity index (χ3n) is 6.55. The molecule has 0 spiro atoms. The zero-order valence-electron chi connectivity index (χ0n) is 21.4. The van der Waals surface area contributed by atoms with Crippen molar-refractivity contribution in [2.24, 2.45) is 11.3 Å². The van der Waals surface area contributed by atoms with Crippen LogP contribution in [-0.2, 0) is 17.6 Å². The van der Waals surface area contributed by atoms with Crippen LogP contribution in [0.15, 0.2) is 40.7 Å². The number of hydrogen-bond donors (Lipinski definition) is 1. The van der Waals surface area contributed by atoms with Gasteiger partial charge in [0.05, 0.1) is 23.1 Å². The predicted molar refractivity (Wildman–Crippen MR) is 147 cm³/mol. The molecule has 4 rings (SSSR count). The number of ether oxygens (including phenoxy) is 1. The molecule has 0 bridgehead atoms. The van der Waals surface area contributed by atoms with Crippen molar-refractivity contribution >= 4 is 34.1 Å². The average molecular weight is 521 g/mol. The van der Waals surface area contributed by atoms with Crippen LogP contribution in [0.25, 0.3) is 11.3 Å². The number of pyridine rings is 1. The van der Waals surface area contributed by atoms with Crippen LogP contribution in [0.3, 0.4) is 0 Å². The number of thioether (sulfide) groups is 1. The number of hydrogen-bond acceptors (Lipinski definition) is 7. The lowest BCUT2D eigenvalue weighted by atomic mass is 9.71. The van der Waals surface area contributed by atoms with E-state index >= 15 is 0 Å². The van der Waals surface area contributed by atoms with Crippen LogP contribution in [0, 0.1) is 22.7 Å². The van der Waals surface area contributed by atoms with Crippen molar-refractivity contribution in [3.63, 3.8) is 0 Å².